The Bertz CT molecular complexity index is 1320. The summed E-state index contributed by atoms with van der Waals surface area (Å²) in [5.74, 6) is 0. The number of rotatable bonds is 13. The van der Waals surface area contributed by atoms with Gasteiger partial charge in [-0.05, 0) is 101 Å². The van der Waals surface area contributed by atoms with Crippen LogP contribution >= 0.6 is 0 Å². The van der Waals surface area contributed by atoms with Gasteiger partial charge in [0, 0.05) is 17.4 Å². The van der Waals surface area contributed by atoms with Crippen molar-refractivity contribution in [3.63, 3.8) is 0 Å². The van der Waals surface area contributed by atoms with Crippen LogP contribution in [-0.4, -0.2) is 49.1 Å². The van der Waals surface area contributed by atoms with Crippen molar-refractivity contribution in [2.45, 2.75) is 70.6 Å². The number of hydrogen-bond donors (Lipinski definition) is 0. The van der Waals surface area contributed by atoms with Crippen LogP contribution in [0.15, 0.2) is 109 Å². The van der Waals surface area contributed by atoms with Gasteiger partial charge in [0.25, 0.3) is 0 Å². The van der Waals surface area contributed by atoms with Crippen LogP contribution in [0.5, 0.6) is 0 Å². The Morgan fingerprint density at radius 2 is 1.09 bits per heavy atom. The van der Waals surface area contributed by atoms with Crippen LogP contribution in [0.2, 0.25) is 0 Å². The SMILES string of the molecule is CCCN(CCC)CC1(c2ccccc2)CCN(CCC(c2ccccc2)(c2ccc(C)cc2)c2ccc(C)cc2)CC1. The van der Waals surface area contributed by atoms with Crippen molar-refractivity contribution in [1.82, 2.24) is 9.80 Å². The molecule has 1 heterocycles. The molecule has 0 spiro atoms. The van der Waals surface area contributed by atoms with Crippen LogP contribution in [0.1, 0.15) is 79.3 Å². The van der Waals surface area contributed by atoms with Gasteiger partial charge in [-0.2, -0.15) is 0 Å². The molecule has 2 nitrogen and oxygen atoms in total. The first kappa shape index (κ1) is 31.2. The van der Waals surface area contributed by atoms with Crippen molar-refractivity contribution in [3.05, 3.63) is 143 Å². The van der Waals surface area contributed by atoms with Crippen molar-refractivity contribution in [3.8, 4) is 0 Å². The fraction of sp³-hybridized carbons (Fsp3) is 0.415. The van der Waals surface area contributed by atoms with E-state index in [-0.39, 0.29) is 10.8 Å². The Balaban J connectivity index is 1.44. The third kappa shape index (κ3) is 7.14. The number of hydrogen-bond acceptors (Lipinski definition) is 2. The van der Waals surface area contributed by atoms with Crippen LogP contribution in [0.4, 0.5) is 0 Å². The Morgan fingerprint density at radius 1 is 0.628 bits per heavy atom. The first-order valence-electron chi connectivity index (χ1n) is 16.7. The second kappa shape index (κ2) is 14.5. The highest BCUT2D eigenvalue weighted by atomic mass is 15.2. The minimum Gasteiger partial charge on any atom is -0.303 e. The number of benzene rings is 4. The predicted molar refractivity (Wildman–Crippen MR) is 184 cm³/mol. The molecule has 0 unspecified atom stereocenters. The van der Waals surface area contributed by atoms with Gasteiger partial charge in [-0.25, -0.2) is 0 Å². The zero-order chi connectivity index (χ0) is 30.1. The number of nitrogens with zero attached hydrogens (tertiary/aromatic N) is 2. The lowest BCUT2D eigenvalue weighted by atomic mass is 9.66. The third-order valence-electron chi connectivity index (χ3n) is 9.96. The van der Waals surface area contributed by atoms with E-state index in [2.05, 4.69) is 147 Å². The molecule has 0 aromatic heterocycles. The summed E-state index contributed by atoms with van der Waals surface area (Å²) in [7, 11) is 0. The monoisotopic (exact) mass is 572 g/mol. The minimum absolute atomic E-state index is 0.199. The molecular weight excluding hydrogens is 520 g/mol. The summed E-state index contributed by atoms with van der Waals surface area (Å²) in [6.45, 7) is 16.0. The van der Waals surface area contributed by atoms with Crippen LogP contribution in [0.25, 0.3) is 0 Å². The molecule has 4 aromatic carbocycles. The van der Waals surface area contributed by atoms with Gasteiger partial charge in [0.15, 0.2) is 0 Å². The Morgan fingerprint density at radius 3 is 1.58 bits per heavy atom. The van der Waals surface area contributed by atoms with Gasteiger partial charge >= 0.3 is 0 Å². The van der Waals surface area contributed by atoms with E-state index < -0.39 is 0 Å². The van der Waals surface area contributed by atoms with Gasteiger partial charge in [-0.3, -0.25) is 0 Å². The number of piperidine rings is 1. The average Bonchev–Trinajstić information content (AvgIpc) is 3.05. The lowest BCUT2D eigenvalue weighted by molar-refractivity contribution is 0.111. The molecule has 1 saturated heterocycles. The molecule has 226 valence electrons. The van der Waals surface area contributed by atoms with Crippen molar-refractivity contribution in [1.29, 1.82) is 0 Å². The highest BCUT2D eigenvalue weighted by molar-refractivity contribution is 5.51. The molecule has 0 saturated carbocycles. The van der Waals surface area contributed by atoms with Crippen LogP contribution < -0.4 is 0 Å². The van der Waals surface area contributed by atoms with Crippen LogP contribution in [-0.2, 0) is 10.8 Å². The summed E-state index contributed by atoms with van der Waals surface area (Å²) in [5.41, 5.74) is 8.34. The molecule has 1 aliphatic heterocycles. The molecule has 1 aliphatic rings. The maximum Gasteiger partial charge on any atom is 0.0463 e. The van der Waals surface area contributed by atoms with Gasteiger partial charge in [-0.1, -0.05) is 134 Å². The lowest BCUT2D eigenvalue weighted by Crippen LogP contribution is -2.50. The Kier molecular flexibility index (Phi) is 10.5. The van der Waals surface area contributed by atoms with E-state index in [1.54, 1.807) is 0 Å². The highest BCUT2D eigenvalue weighted by Gasteiger charge is 2.40. The van der Waals surface area contributed by atoms with Crippen molar-refractivity contribution in [2.75, 3.05) is 39.3 Å². The summed E-state index contributed by atoms with van der Waals surface area (Å²) in [6, 6.07) is 41.3. The molecule has 0 N–H and O–H groups in total. The van der Waals surface area contributed by atoms with Crippen molar-refractivity contribution < 1.29 is 0 Å². The Labute approximate surface area is 261 Å². The number of aryl methyl sites for hydroxylation is 2. The maximum absolute atomic E-state index is 2.76. The maximum atomic E-state index is 2.76. The van der Waals surface area contributed by atoms with Gasteiger partial charge in [0.1, 0.15) is 0 Å². The van der Waals surface area contributed by atoms with Crippen molar-refractivity contribution in [2.24, 2.45) is 0 Å². The molecule has 4 aromatic rings. The summed E-state index contributed by atoms with van der Waals surface area (Å²) in [4.78, 5) is 5.49. The second-order valence-electron chi connectivity index (χ2n) is 13.0. The van der Waals surface area contributed by atoms with Crippen LogP contribution in [0.3, 0.4) is 0 Å². The summed E-state index contributed by atoms with van der Waals surface area (Å²) >= 11 is 0. The van der Waals surface area contributed by atoms with Gasteiger partial charge in [0.05, 0.1) is 0 Å². The predicted octanol–water partition coefficient (Wildman–Crippen LogP) is 9.18. The molecule has 43 heavy (non-hydrogen) atoms. The molecule has 5 rings (SSSR count). The summed E-state index contributed by atoms with van der Waals surface area (Å²) in [5, 5.41) is 0. The second-order valence-corrected chi connectivity index (χ2v) is 13.0. The van der Waals surface area contributed by atoms with E-state index in [1.807, 2.05) is 0 Å². The topological polar surface area (TPSA) is 6.48 Å². The highest BCUT2D eigenvalue weighted by Crippen LogP contribution is 2.43. The van der Waals surface area contributed by atoms with E-state index in [4.69, 9.17) is 0 Å². The lowest BCUT2D eigenvalue weighted by Gasteiger charge is -2.46. The summed E-state index contributed by atoms with van der Waals surface area (Å²) < 4.78 is 0. The van der Waals surface area contributed by atoms with E-state index >= 15 is 0 Å². The Hall–Kier alpha value is -3.20. The minimum atomic E-state index is -0.199. The molecule has 0 aliphatic carbocycles. The van der Waals surface area contributed by atoms with Gasteiger partial charge in [0.2, 0.25) is 0 Å². The van der Waals surface area contributed by atoms with E-state index in [0.29, 0.717) is 0 Å². The zero-order valence-corrected chi connectivity index (χ0v) is 27.1. The molecule has 0 bridgehead atoms. The quantitative estimate of drug-likeness (QED) is 0.147. The first-order valence-corrected chi connectivity index (χ1v) is 16.7. The van der Waals surface area contributed by atoms with Crippen LogP contribution in [0, 0.1) is 13.8 Å². The third-order valence-corrected chi connectivity index (χ3v) is 9.96. The molecular formula is C41H52N2. The molecule has 2 heteroatoms. The van der Waals surface area contributed by atoms with E-state index in [1.165, 1.54) is 78.7 Å². The molecule has 1 fully saturated rings. The van der Waals surface area contributed by atoms with Crippen molar-refractivity contribution >= 4 is 0 Å². The number of likely N-dealkylation sites (tertiary alicyclic amines) is 1. The summed E-state index contributed by atoms with van der Waals surface area (Å²) in [6.07, 6.45) is 5.93. The standard InChI is InChI=1S/C41H52N2/c1-5-28-43(29-6-2)33-40(36-13-9-7-10-14-36)25-30-42(31-26-40)32-27-41(37-15-11-8-12-16-37,38-21-17-34(3)18-22-38)39-23-19-35(4)20-24-39/h7-24H,5-6,25-33H2,1-4H3. The largest absolute Gasteiger partial charge is 0.303 e. The molecule has 0 amide bonds. The zero-order valence-electron chi connectivity index (χ0n) is 27.1. The fourth-order valence-electron chi connectivity index (χ4n) is 7.52. The van der Waals surface area contributed by atoms with Gasteiger partial charge < -0.3 is 9.80 Å². The molecule has 0 atom stereocenters. The molecule has 0 radical (unpaired) electrons. The smallest absolute Gasteiger partial charge is 0.0463 e. The first-order chi connectivity index (χ1) is 21.0. The van der Waals surface area contributed by atoms with E-state index in [9.17, 15) is 0 Å². The fourth-order valence-corrected chi connectivity index (χ4v) is 7.52. The van der Waals surface area contributed by atoms with Gasteiger partial charge in [-0.15, -0.1) is 0 Å². The normalized spacial score (nSPS) is 15.6. The average molecular weight is 573 g/mol. The van der Waals surface area contributed by atoms with E-state index in [0.717, 1.165) is 26.1 Å².